The van der Waals surface area contributed by atoms with E-state index >= 15 is 0 Å². The van der Waals surface area contributed by atoms with Crippen LogP contribution in [0.1, 0.15) is 13.3 Å². The number of phenols is 1. The molecule has 0 aliphatic heterocycles. The summed E-state index contributed by atoms with van der Waals surface area (Å²) in [7, 11) is 1.95. The molecular weight excluding hydrogens is 388 g/mol. The predicted molar refractivity (Wildman–Crippen MR) is 123 cm³/mol. The number of hydrogen-bond acceptors (Lipinski definition) is 6. The SMILES string of the molecule is CCC(N)CN(C)c1ccnc(-c2cc(-c3cnn(-c4ccccc4)c3)ccc2O)n1. The predicted octanol–water partition coefficient (Wildman–Crippen LogP) is 3.88. The fraction of sp³-hybridized carbons (Fsp3) is 0.208. The molecule has 158 valence electrons. The standard InChI is InChI=1S/C24H26N6O/c1-3-19(25)16-29(2)23-11-12-26-24(28-23)21-13-17(9-10-22(21)31)18-14-27-30(15-18)20-7-5-4-6-8-20/h4-15,19,31H,3,16,25H2,1-2H3. The molecular formula is C24H26N6O. The molecule has 0 amide bonds. The fourth-order valence-electron chi connectivity index (χ4n) is 3.35. The molecule has 31 heavy (non-hydrogen) atoms. The van der Waals surface area contributed by atoms with E-state index in [4.69, 9.17) is 5.73 Å². The maximum atomic E-state index is 10.5. The second-order valence-corrected chi connectivity index (χ2v) is 7.53. The Labute approximate surface area is 181 Å². The van der Waals surface area contributed by atoms with Gasteiger partial charge < -0.3 is 15.7 Å². The van der Waals surface area contributed by atoms with E-state index in [0.29, 0.717) is 17.9 Å². The van der Waals surface area contributed by atoms with Gasteiger partial charge in [-0.1, -0.05) is 31.2 Å². The number of likely N-dealkylation sites (N-methyl/N-ethyl adjacent to an activating group) is 1. The first-order valence-corrected chi connectivity index (χ1v) is 10.3. The Kier molecular flexibility index (Phi) is 5.95. The average Bonchev–Trinajstić information content (AvgIpc) is 3.30. The summed E-state index contributed by atoms with van der Waals surface area (Å²) in [5.41, 5.74) is 9.49. The van der Waals surface area contributed by atoms with Crippen molar-refractivity contribution in [1.29, 1.82) is 0 Å². The third kappa shape index (κ3) is 4.57. The van der Waals surface area contributed by atoms with Crippen LogP contribution in [-0.2, 0) is 0 Å². The lowest BCUT2D eigenvalue weighted by Crippen LogP contribution is -2.35. The van der Waals surface area contributed by atoms with Gasteiger partial charge in [-0.25, -0.2) is 14.6 Å². The molecule has 0 aliphatic carbocycles. The maximum Gasteiger partial charge on any atom is 0.165 e. The maximum absolute atomic E-state index is 10.5. The summed E-state index contributed by atoms with van der Waals surface area (Å²) in [5.74, 6) is 1.35. The number of aromatic nitrogens is 4. The van der Waals surface area contributed by atoms with Crippen molar-refractivity contribution >= 4 is 5.82 Å². The van der Waals surface area contributed by atoms with Crippen LogP contribution in [0.15, 0.2) is 73.2 Å². The summed E-state index contributed by atoms with van der Waals surface area (Å²) in [6, 6.07) is 17.3. The van der Waals surface area contributed by atoms with Crippen molar-refractivity contribution in [2.75, 3.05) is 18.5 Å². The summed E-state index contributed by atoms with van der Waals surface area (Å²) in [4.78, 5) is 11.1. The Balaban J connectivity index is 1.65. The Bertz CT molecular complexity index is 1160. The van der Waals surface area contributed by atoms with Gasteiger partial charge in [-0.05, 0) is 42.3 Å². The monoisotopic (exact) mass is 414 g/mol. The van der Waals surface area contributed by atoms with Crippen molar-refractivity contribution in [2.24, 2.45) is 5.73 Å². The van der Waals surface area contributed by atoms with Crippen LogP contribution in [0.3, 0.4) is 0 Å². The molecule has 0 saturated carbocycles. The molecule has 2 heterocycles. The van der Waals surface area contributed by atoms with Gasteiger partial charge in [0.05, 0.1) is 17.4 Å². The van der Waals surface area contributed by atoms with Crippen molar-refractivity contribution in [3.63, 3.8) is 0 Å². The van der Waals surface area contributed by atoms with E-state index in [9.17, 15) is 5.11 Å². The normalized spacial score (nSPS) is 12.0. The van der Waals surface area contributed by atoms with Crippen molar-refractivity contribution in [3.8, 4) is 34.0 Å². The van der Waals surface area contributed by atoms with Crippen molar-refractivity contribution in [1.82, 2.24) is 19.7 Å². The van der Waals surface area contributed by atoms with Gasteiger partial charge in [0, 0.05) is 37.6 Å². The minimum Gasteiger partial charge on any atom is -0.507 e. The number of aromatic hydroxyl groups is 1. The van der Waals surface area contributed by atoms with Gasteiger partial charge >= 0.3 is 0 Å². The number of para-hydroxylation sites is 1. The first-order chi connectivity index (χ1) is 15.0. The first-order valence-electron chi connectivity index (χ1n) is 10.3. The second kappa shape index (κ2) is 8.97. The zero-order valence-corrected chi connectivity index (χ0v) is 17.7. The molecule has 2 aromatic carbocycles. The number of nitrogens with zero attached hydrogens (tertiary/aromatic N) is 5. The van der Waals surface area contributed by atoms with Crippen LogP contribution in [0.2, 0.25) is 0 Å². The van der Waals surface area contributed by atoms with E-state index in [0.717, 1.165) is 29.1 Å². The smallest absolute Gasteiger partial charge is 0.165 e. The van der Waals surface area contributed by atoms with Crippen molar-refractivity contribution in [3.05, 3.63) is 73.2 Å². The lowest BCUT2D eigenvalue weighted by atomic mass is 10.0. The van der Waals surface area contributed by atoms with Gasteiger partial charge in [-0.2, -0.15) is 5.10 Å². The molecule has 1 atom stereocenters. The topological polar surface area (TPSA) is 93.1 Å². The highest BCUT2D eigenvalue weighted by atomic mass is 16.3. The molecule has 3 N–H and O–H groups in total. The molecule has 0 radical (unpaired) electrons. The Morgan fingerprint density at radius 2 is 1.90 bits per heavy atom. The number of anilines is 1. The summed E-state index contributed by atoms with van der Waals surface area (Å²) in [6.07, 6.45) is 6.36. The van der Waals surface area contributed by atoms with E-state index in [1.807, 2.05) is 71.4 Å². The number of phenolic OH excluding ortho intramolecular Hbond substituents is 1. The summed E-state index contributed by atoms with van der Waals surface area (Å²) >= 11 is 0. The molecule has 0 saturated heterocycles. The van der Waals surface area contributed by atoms with E-state index in [1.54, 1.807) is 18.5 Å². The van der Waals surface area contributed by atoms with Crippen LogP contribution >= 0.6 is 0 Å². The number of nitrogens with two attached hydrogens (primary N) is 1. The molecule has 0 spiro atoms. The van der Waals surface area contributed by atoms with E-state index in [2.05, 4.69) is 22.0 Å². The second-order valence-electron chi connectivity index (χ2n) is 7.53. The molecule has 0 aliphatic rings. The van der Waals surface area contributed by atoms with E-state index < -0.39 is 0 Å². The molecule has 7 nitrogen and oxygen atoms in total. The van der Waals surface area contributed by atoms with Gasteiger partial charge in [0.25, 0.3) is 0 Å². The number of benzene rings is 2. The quantitative estimate of drug-likeness (QED) is 0.477. The summed E-state index contributed by atoms with van der Waals surface area (Å²) in [5, 5.41) is 15.0. The van der Waals surface area contributed by atoms with Crippen molar-refractivity contribution < 1.29 is 5.11 Å². The minimum absolute atomic E-state index is 0.0706. The molecule has 0 bridgehead atoms. The van der Waals surface area contributed by atoms with Gasteiger partial charge in [0.1, 0.15) is 11.6 Å². The fourth-order valence-corrected chi connectivity index (χ4v) is 3.35. The van der Waals surface area contributed by atoms with Gasteiger partial charge in [0.15, 0.2) is 5.82 Å². The Morgan fingerprint density at radius 3 is 2.68 bits per heavy atom. The van der Waals surface area contributed by atoms with Crippen LogP contribution < -0.4 is 10.6 Å². The highest BCUT2D eigenvalue weighted by molar-refractivity contribution is 5.74. The van der Waals surface area contributed by atoms with Crippen LogP contribution in [0, 0.1) is 0 Å². The van der Waals surface area contributed by atoms with Crippen molar-refractivity contribution in [2.45, 2.75) is 19.4 Å². The zero-order chi connectivity index (χ0) is 21.8. The van der Waals surface area contributed by atoms with Crippen LogP contribution in [-0.4, -0.2) is 44.5 Å². The third-order valence-electron chi connectivity index (χ3n) is 5.24. The largest absolute Gasteiger partial charge is 0.507 e. The zero-order valence-electron chi connectivity index (χ0n) is 17.7. The highest BCUT2D eigenvalue weighted by Gasteiger charge is 2.14. The lowest BCUT2D eigenvalue weighted by Gasteiger charge is -2.22. The Hall–Kier alpha value is -3.71. The number of hydrogen-bond donors (Lipinski definition) is 2. The van der Waals surface area contributed by atoms with Gasteiger partial charge in [-0.3, -0.25) is 0 Å². The first kappa shape index (κ1) is 20.6. The minimum atomic E-state index is 0.0706. The molecule has 0 fully saturated rings. The molecule has 4 aromatic rings. The summed E-state index contributed by atoms with van der Waals surface area (Å²) < 4.78 is 1.82. The summed E-state index contributed by atoms with van der Waals surface area (Å²) in [6.45, 7) is 2.75. The molecule has 4 rings (SSSR count). The highest BCUT2D eigenvalue weighted by Crippen LogP contribution is 2.32. The average molecular weight is 415 g/mol. The van der Waals surface area contributed by atoms with Gasteiger partial charge in [0.2, 0.25) is 0 Å². The number of rotatable bonds is 7. The van der Waals surface area contributed by atoms with E-state index in [-0.39, 0.29) is 11.8 Å². The lowest BCUT2D eigenvalue weighted by molar-refractivity contribution is 0.477. The van der Waals surface area contributed by atoms with Crippen LogP contribution in [0.25, 0.3) is 28.2 Å². The van der Waals surface area contributed by atoms with Gasteiger partial charge in [-0.15, -0.1) is 0 Å². The molecule has 7 heteroatoms. The molecule has 2 aromatic heterocycles. The van der Waals surface area contributed by atoms with Crippen LogP contribution in [0.4, 0.5) is 5.82 Å². The third-order valence-corrected chi connectivity index (χ3v) is 5.24. The van der Waals surface area contributed by atoms with E-state index in [1.165, 1.54) is 0 Å². The molecule has 1 unspecified atom stereocenters. The Morgan fingerprint density at radius 1 is 1.10 bits per heavy atom. The van der Waals surface area contributed by atoms with Crippen LogP contribution in [0.5, 0.6) is 5.75 Å².